The molecule has 5 nitrogen and oxygen atoms in total. The van der Waals surface area contributed by atoms with Crippen molar-refractivity contribution in [3.8, 4) is 5.75 Å². The van der Waals surface area contributed by atoms with Crippen LogP contribution in [0.1, 0.15) is 16.8 Å². The Morgan fingerprint density at radius 3 is 2.88 bits per heavy atom. The van der Waals surface area contributed by atoms with Crippen LogP contribution in [0.15, 0.2) is 36.5 Å². The standard InChI is InChI=1S/C18H17FN2O3/c1-11-14(9-17(22)23)13-4-3-7-20-18(13)21(11)10-12-5-6-15(19)16(8-12)24-2/h3-8H,9-10H2,1-2H3,(H,22,23). The van der Waals surface area contributed by atoms with Crippen LogP contribution in [0.2, 0.25) is 0 Å². The lowest BCUT2D eigenvalue weighted by molar-refractivity contribution is -0.136. The number of methoxy groups -OCH3 is 1. The molecule has 3 aromatic rings. The molecule has 0 saturated carbocycles. The summed E-state index contributed by atoms with van der Waals surface area (Å²) in [6.07, 6.45) is 1.61. The minimum Gasteiger partial charge on any atom is -0.494 e. The molecule has 0 unspecified atom stereocenters. The van der Waals surface area contributed by atoms with Crippen molar-refractivity contribution >= 4 is 17.0 Å². The van der Waals surface area contributed by atoms with Crippen LogP contribution in [0.3, 0.4) is 0 Å². The molecule has 1 N–H and O–H groups in total. The Balaban J connectivity index is 2.09. The van der Waals surface area contributed by atoms with Gasteiger partial charge in [-0.3, -0.25) is 4.79 Å². The molecule has 1 aromatic carbocycles. The van der Waals surface area contributed by atoms with Crippen LogP contribution in [-0.4, -0.2) is 27.7 Å². The highest BCUT2D eigenvalue weighted by molar-refractivity contribution is 5.86. The number of halogens is 1. The second-order valence-corrected chi connectivity index (χ2v) is 5.56. The second kappa shape index (κ2) is 6.31. The number of aliphatic carboxylic acids is 1. The highest BCUT2D eigenvalue weighted by Crippen LogP contribution is 2.27. The topological polar surface area (TPSA) is 64.3 Å². The predicted molar refractivity (Wildman–Crippen MR) is 87.9 cm³/mol. The average Bonchev–Trinajstić information content (AvgIpc) is 2.82. The quantitative estimate of drug-likeness (QED) is 0.781. The zero-order valence-corrected chi connectivity index (χ0v) is 13.4. The molecule has 0 aliphatic heterocycles. The lowest BCUT2D eigenvalue weighted by Crippen LogP contribution is -2.05. The summed E-state index contributed by atoms with van der Waals surface area (Å²) < 4.78 is 20.5. The Kier molecular flexibility index (Phi) is 4.20. The molecule has 124 valence electrons. The van der Waals surface area contributed by atoms with E-state index in [1.54, 1.807) is 24.4 Å². The number of carboxylic acids is 1. The SMILES string of the molecule is COc1cc(Cn2c(C)c(CC(=O)O)c3cccnc32)ccc1F. The van der Waals surface area contributed by atoms with Crippen molar-refractivity contribution < 1.29 is 19.0 Å². The van der Waals surface area contributed by atoms with Gasteiger partial charge in [-0.1, -0.05) is 6.07 Å². The van der Waals surface area contributed by atoms with Gasteiger partial charge in [-0.25, -0.2) is 9.37 Å². The lowest BCUT2D eigenvalue weighted by Gasteiger charge is -2.10. The van der Waals surface area contributed by atoms with Crippen molar-refractivity contribution in [3.05, 3.63) is 59.2 Å². The van der Waals surface area contributed by atoms with E-state index >= 15 is 0 Å². The van der Waals surface area contributed by atoms with Crippen molar-refractivity contribution in [3.63, 3.8) is 0 Å². The number of fused-ring (bicyclic) bond motifs is 1. The minimum atomic E-state index is -0.885. The molecule has 0 amide bonds. The van der Waals surface area contributed by atoms with Crippen molar-refractivity contribution in [2.24, 2.45) is 0 Å². The van der Waals surface area contributed by atoms with Crippen LogP contribution in [0.25, 0.3) is 11.0 Å². The first-order chi connectivity index (χ1) is 11.5. The van der Waals surface area contributed by atoms with Gasteiger partial charge in [0.15, 0.2) is 11.6 Å². The summed E-state index contributed by atoms with van der Waals surface area (Å²) in [5.74, 6) is -1.12. The molecule has 0 radical (unpaired) electrons. The van der Waals surface area contributed by atoms with Gasteiger partial charge >= 0.3 is 5.97 Å². The smallest absolute Gasteiger partial charge is 0.307 e. The van der Waals surface area contributed by atoms with Gasteiger partial charge in [0.25, 0.3) is 0 Å². The minimum absolute atomic E-state index is 0.0617. The molecule has 24 heavy (non-hydrogen) atoms. The molecule has 0 atom stereocenters. The van der Waals surface area contributed by atoms with E-state index in [1.165, 1.54) is 13.2 Å². The fourth-order valence-corrected chi connectivity index (χ4v) is 2.92. The number of benzene rings is 1. The zero-order chi connectivity index (χ0) is 17.3. The number of hydrogen-bond acceptors (Lipinski definition) is 3. The molecule has 2 aromatic heterocycles. The van der Waals surface area contributed by atoms with Crippen LogP contribution in [0.4, 0.5) is 4.39 Å². The molecule has 6 heteroatoms. The molecule has 2 heterocycles. The Labute approximate surface area is 138 Å². The van der Waals surface area contributed by atoms with Crippen LogP contribution in [0.5, 0.6) is 5.75 Å². The average molecular weight is 328 g/mol. The molecule has 3 rings (SSSR count). The van der Waals surface area contributed by atoms with E-state index in [-0.39, 0.29) is 12.2 Å². The highest BCUT2D eigenvalue weighted by atomic mass is 19.1. The third kappa shape index (κ3) is 2.82. The van der Waals surface area contributed by atoms with Crippen LogP contribution in [0, 0.1) is 12.7 Å². The Morgan fingerprint density at radius 1 is 1.38 bits per heavy atom. The van der Waals surface area contributed by atoms with Gasteiger partial charge in [0, 0.05) is 23.8 Å². The summed E-state index contributed by atoms with van der Waals surface area (Å²) in [5.41, 5.74) is 3.16. The van der Waals surface area contributed by atoms with E-state index in [9.17, 15) is 9.18 Å². The van der Waals surface area contributed by atoms with Crippen molar-refractivity contribution in [1.29, 1.82) is 0 Å². The van der Waals surface area contributed by atoms with Crippen LogP contribution < -0.4 is 4.74 Å². The molecule has 0 saturated heterocycles. The number of carboxylic acid groups (broad SMARTS) is 1. The maximum atomic E-state index is 13.6. The Morgan fingerprint density at radius 2 is 2.17 bits per heavy atom. The normalized spacial score (nSPS) is 11.0. The predicted octanol–water partition coefficient (Wildman–Crippen LogP) is 3.17. The monoisotopic (exact) mass is 328 g/mol. The number of rotatable bonds is 5. The Hall–Kier alpha value is -2.89. The van der Waals surface area contributed by atoms with Gasteiger partial charge in [-0.15, -0.1) is 0 Å². The number of pyridine rings is 1. The number of carbonyl (C=O) groups is 1. The lowest BCUT2D eigenvalue weighted by atomic mass is 10.1. The third-order valence-corrected chi connectivity index (χ3v) is 4.09. The van der Waals surface area contributed by atoms with E-state index in [0.717, 1.165) is 27.9 Å². The summed E-state index contributed by atoms with van der Waals surface area (Å²) >= 11 is 0. The van der Waals surface area contributed by atoms with E-state index in [4.69, 9.17) is 9.84 Å². The van der Waals surface area contributed by atoms with Crippen LogP contribution in [-0.2, 0) is 17.8 Å². The third-order valence-electron chi connectivity index (χ3n) is 4.09. The first-order valence-electron chi connectivity index (χ1n) is 7.48. The van der Waals surface area contributed by atoms with Gasteiger partial charge in [0.1, 0.15) is 5.65 Å². The number of aromatic nitrogens is 2. The van der Waals surface area contributed by atoms with E-state index in [0.29, 0.717) is 6.54 Å². The van der Waals surface area contributed by atoms with Crippen molar-refractivity contribution in [1.82, 2.24) is 9.55 Å². The zero-order valence-electron chi connectivity index (χ0n) is 13.4. The first kappa shape index (κ1) is 16.0. The highest BCUT2D eigenvalue weighted by Gasteiger charge is 2.17. The molecule has 0 aliphatic rings. The van der Waals surface area contributed by atoms with Gasteiger partial charge in [-0.05, 0) is 42.3 Å². The summed E-state index contributed by atoms with van der Waals surface area (Å²) in [4.78, 5) is 15.6. The van der Waals surface area contributed by atoms with Crippen molar-refractivity contribution in [2.75, 3.05) is 7.11 Å². The second-order valence-electron chi connectivity index (χ2n) is 5.56. The number of ether oxygens (including phenoxy) is 1. The van der Waals surface area contributed by atoms with Gasteiger partial charge in [-0.2, -0.15) is 0 Å². The van der Waals surface area contributed by atoms with Gasteiger partial charge < -0.3 is 14.4 Å². The Bertz CT molecular complexity index is 918. The molecular weight excluding hydrogens is 311 g/mol. The fourth-order valence-electron chi connectivity index (χ4n) is 2.92. The molecule has 0 fully saturated rings. The van der Waals surface area contributed by atoms with E-state index in [1.807, 2.05) is 17.6 Å². The van der Waals surface area contributed by atoms with Crippen LogP contribution >= 0.6 is 0 Å². The summed E-state index contributed by atoms with van der Waals surface area (Å²) in [6.45, 7) is 2.33. The maximum Gasteiger partial charge on any atom is 0.307 e. The fraction of sp³-hybridized carbons (Fsp3) is 0.222. The summed E-state index contributed by atoms with van der Waals surface area (Å²) in [6, 6.07) is 8.35. The van der Waals surface area contributed by atoms with Gasteiger partial charge in [0.05, 0.1) is 13.5 Å². The van der Waals surface area contributed by atoms with Crippen molar-refractivity contribution in [2.45, 2.75) is 19.9 Å². The molecule has 0 spiro atoms. The number of hydrogen-bond donors (Lipinski definition) is 1. The first-order valence-corrected chi connectivity index (χ1v) is 7.48. The number of nitrogens with zero attached hydrogens (tertiary/aromatic N) is 2. The molecule has 0 bridgehead atoms. The molecular formula is C18H17FN2O3. The summed E-state index contributed by atoms with van der Waals surface area (Å²) in [5, 5.41) is 9.99. The molecule has 0 aliphatic carbocycles. The maximum absolute atomic E-state index is 13.6. The summed E-state index contributed by atoms with van der Waals surface area (Å²) in [7, 11) is 1.42. The van der Waals surface area contributed by atoms with E-state index in [2.05, 4.69) is 4.98 Å². The largest absolute Gasteiger partial charge is 0.494 e. The van der Waals surface area contributed by atoms with E-state index < -0.39 is 11.8 Å². The van der Waals surface area contributed by atoms with Gasteiger partial charge in [0.2, 0.25) is 0 Å².